The molecule has 0 aromatic carbocycles. The van der Waals surface area contributed by atoms with Gasteiger partial charge >= 0.3 is 0 Å². The van der Waals surface area contributed by atoms with Gasteiger partial charge in [-0.2, -0.15) is 0 Å². The highest BCUT2D eigenvalue weighted by Gasteiger charge is 2.60. The quantitative estimate of drug-likeness (QED) is 0.481. The van der Waals surface area contributed by atoms with E-state index in [2.05, 4.69) is 47.6 Å². The van der Waals surface area contributed by atoms with Gasteiger partial charge in [0.15, 0.2) is 0 Å². The molecule has 3 saturated carbocycles. The molecular formula is C28H46O. The highest BCUT2D eigenvalue weighted by atomic mass is 16.3. The van der Waals surface area contributed by atoms with Crippen molar-refractivity contribution in [2.24, 2.45) is 40.4 Å². The Morgan fingerprint density at radius 1 is 1.10 bits per heavy atom. The summed E-state index contributed by atoms with van der Waals surface area (Å²) in [7, 11) is 0. The molecule has 0 bridgehead atoms. The number of rotatable bonds is 4. The molecule has 4 aliphatic rings. The molecule has 0 amide bonds. The highest BCUT2D eigenvalue weighted by Crippen LogP contribution is 2.67. The summed E-state index contributed by atoms with van der Waals surface area (Å²) in [5.41, 5.74) is 5.33. The molecule has 1 heteroatoms. The standard InChI is InChI=1S/C28H46O/c1-18(2)19(3)10-11-20(4)23-14-15-24-22-13-12-21-8-7-9-26(29)28(21,6)25(22)16-17-27(23,24)5/h12,20,22-26,29H,7-11,13-17H2,1-6H3/t20-,22+,23-,24+,25+,26?,27-,28+/m1/s1. The van der Waals surface area contributed by atoms with E-state index < -0.39 is 0 Å². The van der Waals surface area contributed by atoms with E-state index in [1.807, 2.05) is 0 Å². The normalized spacial score (nSPS) is 44.9. The fourth-order valence-electron chi connectivity index (χ4n) is 8.59. The van der Waals surface area contributed by atoms with Gasteiger partial charge < -0.3 is 5.11 Å². The molecule has 0 spiro atoms. The first-order valence-corrected chi connectivity index (χ1v) is 12.7. The van der Waals surface area contributed by atoms with E-state index in [1.54, 1.807) is 11.1 Å². The lowest BCUT2D eigenvalue weighted by Gasteiger charge is -2.59. The van der Waals surface area contributed by atoms with Gasteiger partial charge in [0.05, 0.1) is 6.10 Å². The number of hydrogen-bond acceptors (Lipinski definition) is 1. The summed E-state index contributed by atoms with van der Waals surface area (Å²) in [5.74, 6) is 4.14. The summed E-state index contributed by atoms with van der Waals surface area (Å²) in [4.78, 5) is 0. The van der Waals surface area contributed by atoms with E-state index >= 15 is 0 Å². The molecule has 0 aromatic heterocycles. The fraction of sp³-hybridized carbons (Fsp3) is 0.857. The molecule has 1 N–H and O–H groups in total. The van der Waals surface area contributed by atoms with Gasteiger partial charge in [-0.05, 0) is 120 Å². The van der Waals surface area contributed by atoms with Crippen LogP contribution < -0.4 is 0 Å². The second-order valence-electron chi connectivity index (χ2n) is 12.1. The molecule has 164 valence electrons. The van der Waals surface area contributed by atoms with Gasteiger partial charge in [0.2, 0.25) is 0 Å². The van der Waals surface area contributed by atoms with E-state index in [0.29, 0.717) is 5.41 Å². The van der Waals surface area contributed by atoms with Crippen molar-refractivity contribution in [1.29, 1.82) is 0 Å². The summed E-state index contributed by atoms with van der Waals surface area (Å²) in [6.45, 7) is 14.5. The van der Waals surface area contributed by atoms with E-state index in [4.69, 9.17) is 0 Å². The van der Waals surface area contributed by atoms with Gasteiger partial charge in [-0.1, -0.05) is 43.6 Å². The largest absolute Gasteiger partial charge is 0.392 e. The number of aliphatic hydroxyl groups excluding tert-OH is 1. The number of hydrogen-bond donors (Lipinski definition) is 1. The van der Waals surface area contributed by atoms with Gasteiger partial charge in [-0.15, -0.1) is 0 Å². The SMILES string of the molecule is CC(C)=C(C)CC[C@@H](C)[C@H]1CC[C@H]2[C@@H]3CC=C4CCCC(O)[C@]4(C)[C@H]3CC[C@]12C. The predicted molar refractivity (Wildman–Crippen MR) is 124 cm³/mol. The lowest BCUT2D eigenvalue weighted by atomic mass is 9.46. The average Bonchev–Trinajstić information content (AvgIpc) is 3.04. The smallest absolute Gasteiger partial charge is 0.0633 e. The third-order valence-electron chi connectivity index (χ3n) is 10.7. The molecule has 0 aliphatic heterocycles. The van der Waals surface area contributed by atoms with Crippen LogP contribution in [0.5, 0.6) is 0 Å². The second kappa shape index (κ2) is 7.85. The second-order valence-corrected chi connectivity index (χ2v) is 12.1. The molecule has 4 rings (SSSR count). The van der Waals surface area contributed by atoms with Crippen LogP contribution in [0.4, 0.5) is 0 Å². The Morgan fingerprint density at radius 3 is 2.59 bits per heavy atom. The van der Waals surface area contributed by atoms with Crippen LogP contribution >= 0.6 is 0 Å². The topological polar surface area (TPSA) is 20.2 Å². The summed E-state index contributed by atoms with van der Waals surface area (Å²) in [6.07, 6.45) is 15.5. The van der Waals surface area contributed by atoms with Gasteiger partial charge in [-0.3, -0.25) is 0 Å². The van der Waals surface area contributed by atoms with Gasteiger partial charge in [0, 0.05) is 5.41 Å². The van der Waals surface area contributed by atoms with Crippen LogP contribution in [0.2, 0.25) is 0 Å². The molecule has 4 aliphatic carbocycles. The van der Waals surface area contributed by atoms with Crippen LogP contribution in [0.1, 0.15) is 106 Å². The third-order valence-corrected chi connectivity index (χ3v) is 10.7. The maximum absolute atomic E-state index is 11.1. The van der Waals surface area contributed by atoms with Crippen molar-refractivity contribution in [3.05, 3.63) is 22.8 Å². The highest BCUT2D eigenvalue weighted by molar-refractivity contribution is 5.26. The third kappa shape index (κ3) is 3.38. The number of fused-ring (bicyclic) bond motifs is 5. The Morgan fingerprint density at radius 2 is 1.86 bits per heavy atom. The number of allylic oxidation sites excluding steroid dienone is 3. The van der Waals surface area contributed by atoms with Gasteiger partial charge in [0.25, 0.3) is 0 Å². The summed E-state index contributed by atoms with van der Waals surface area (Å²) in [6, 6.07) is 0. The molecule has 8 atom stereocenters. The Labute approximate surface area is 180 Å². The van der Waals surface area contributed by atoms with Crippen LogP contribution in [-0.2, 0) is 0 Å². The maximum atomic E-state index is 11.1. The van der Waals surface area contributed by atoms with Crippen LogP contribution in [-0.4, -0.2) is 11.2 Å². The predicted octanol–water partition coefficient (Wildman–Crippen LogP) is 7.70. The molecule has 0 heterocycles. The van der Waals surface area contributed by atoms with Crippen LogP contribution in [0.25, 0.3) is 0 Å². The van der Waals surface area contributed by atoms with Crippen molar-refractivity contribution in [3.63, 3.8) is 0 Å². The molecule has 1 unspecified atom stereocenters. The van der Waals surface area contributed by atoms with E-state index in [-0.39, 0.29) is 11.5 Å². The van der Waals surface area contributed by atoms with Crippen molar-refractivity contribution >= 4 is 0 Å². The Bertz CT molecular complexity index is 682. The molecule has 0 saturated heterocycles. The average molecular weight is 399 g/mol. The molecule has 0 aromatic rings. The Kier molecular flexibility index (Phi) is 5.86. The summed E-state index contributed by atoms with van der Waals surface area (Å²) < 4.78 is 0. The lowest BCUT2D eigenvalue weighted by Crippen LogP contribution is -2.54. The van der Waals surface area contributed by atoms with E-state index in [9.17, 15) is 5.11 Å². The Hall–Kier alpha value is -0.560. The Balaban J connectivity index is 1.53. The van der Waals surface area contributed by atoms with E-state index in [0.717, 1.165) is 36.0 Å². The van der Waals surface area contributed by atoms with E-state index in [1.165, 1.54) is 63.4 Å². The minimum Gasteiger partial charge on any atom is -0.392 e. The molecule has 1 nitrogen and oxygen atoms in total. The van der Waals surface area contributed by atoms with Gasteiger partial charge in [-0.25, -0.2) is 0 Å². The van der Waals surface area contributed by atoms with Crippen molar-refractivity contribution in [2.75, 3.05) is 0 Å². The zero-order chi connectivity index (χ0) is 21.0. The van der Waals surface area contributed by atoms with Crippen LogP contribution in [0.15, 0.2) is 22.8 Å². The maximum Gasteiger partial charge on any atom is 0.0633 e. The van der Waals surface area contributed by atoms with Crippen LogP contribution in [0, 0.1) is 40.4 Å². The number of aliphatic hydroxyl groups is 1. The summed E-state index contributed by atoms with van der Waals surface area (Å²) in [5, 5.41) is 11.1. The first kappa shape index (κ1) is 21.7. The summed E-state index contributed by atoms with van der Waals surface area (Å²) >= 11 is 0. The zero-order valence-corrected chi connectivity index (χ0v) is 20.1. The minimum absolute atomic E-state index is 0.0761. The molecule has 29 heavy (non-hydrogen) atoms. The molecule has 3 fully saturated rings. The molecule has 0 radical (unpaired) electrons. The van der Waals surface area contributed by atoms with Crippen molar-refractivity contribution in [2.45, 2.75) is 112 Å². The first-order valence-electron chi connectivity index (χ1n) is 12.7. The fourth-order valence-corrected chi connectivity index (χ4v) is 8.59. The zero-order valence-electron chi connectivity index (χ0n) is 20.1. The lowest BCUT2D eigenvalue weighted by molar-refractivity contribution is -0.0929. The minimum atomic E-state index is -0.108. The van der Waals surface area contributed by atoms with Crippen molar-refractivity contribution in [3.8, 4) is 0 Å². The van der Waals surface area contributed by atoms with Crippen molar-refractivity contribution in [1.82, 2.24) is 0 Å². The van der Waals surface area contributed by atoms with Crippen LogP contribution in [0.3, 0.4) is 0 Å². The monoisotopic (exact) mass is 398 g/mol. The van der Waals surface area contributed by atoms with Crippen molar-refractivity contribution < 1.29 is 5.11 Å². The molecular weight excluding hydrogens is 352 g/mol. The first-order chi connectivity index (χ1) is 13.7. The van der Waals surface area contributed by atoms with Gasteiger partial charge in [0.1, 0.15) is 0 Å².